The van der Waals surface area contributed by atoms with Crippen LogP contribution in [-0.4, -0.2) is 36.1 Å². The summed E-state index contributed by atoms with van der Waals surface area (Å²) in [6.45, 7) is 0. The van der Waals surface area contributed by atoms with E-state index < -0.39 is 6.04 Å². The van der Waals surface area contributed by atoms with Gasteiger partial charge in [-0.1, -0.05) is 0 Å². The molecule has 24 heavy (non-hydrogen) atoms. The van der Waals surface area contributed by atoms with Crippen LogP contribution in [0.3, 0.4) is 0 Å². The van der Waals surface area contributed by atoms with Gasteiger partial charge >= 0.3 is 0 Å². The summed E-state index contributed by atoms with van der Waals surface area (Å²) in [5.41, 5.74) is 0.708. The molecule has 2 amide bonds. The van der Waals surface area contributed by atoms with Gasteiger partial charge in [-0.05, 0) is 61.1 Å². The van der Waals surface area contributed by atoms with E-state index >= 15 is 0 Å². The van der Waals surface area contributed by atoms with E-state index in [2.05, 4.69) is 10.6 Å². The number of benzene rings is 1. The highest BCUT2D eigenvalue weighted by molar-refractivity contribution is 7.98. The van der Waals surface area contributed by atoms with Crippen molar-refractivity contribution in [3.63, 3.8) is 0 Å². The van der Waals surface area contributed by atoms with E-state index in [4.69, 9.17) is 4.42 Å². The maximum atomic E-state index is 12.5. The zero-order chi connectivity index (χ0) is 17.4. The Morgan fingerprint density at radius 2 is 1.92 bits per heavy atom. The Morgan fingerprint density at radius 3 is 2.50 bits per heavy atom. The quantitative estimate of drug-likeness (QED) is 0.702. The smallest absolute Gasteiger partial charge is 0.287 e. The number of thioether (sulfide) groups is 2. The molecule has 128 valence electrons. The van der Waals surface area contributed by atoms with Crippen molar-refractivity contribution in [1.29, 1.82) is 0 Å². The Balaban J connectivity index is 2.02. The molecule has 0 saturated heterocycles. The van der Waals surface area contributed by atoms with Crippen molar-refractivity contribution < 1.29 is 14.0 Å². The van der Waals surface area contributed by atoms with Crippen molar-refractivity contribution in [3.8, 4) is 0 Å². The summed E-state index contributed by atoms with van der Waals surface area (Å²) in [5, 5.41) is 5.58. The second-order valence-corrected chi connectivity index (χ2v) is 6.87. The van der Waals surface area contributed by atoms with E-state index in [-0.39, 0.29) is 17.6 Å². The summed E-state index contributed by atoms with van der Waals surface area (Å²) in [5.74, 6) is 0.336. The number of carbonyl (C=O) groups is 2. The molecule has 0 saturated carbocycles. The van der Waals surface area contributed by atoms with Crippen LogP contribution in [0.4, 0.5) is 5.69 Å². The van der Waals surface area contributed by atoms with Gasteiger partial charge in [0.25, 0.3) is 5.91 Å². The molecule has 1 atom stereocenters. The number of rotatable bonds is 8. The first-order valence-electron chi connectivity index (χ1n) is 7.42. The van der Waals surface area contributed by atoms with Crippen LogP contribution >= 0.6 is 23.5 Å². The van der Waals surface area contributed by atoms with Crippen LogP contribution in [0, 0.1) is 0 Å². The standard InChI is InChI=1S/C17H20N2O3S2/c1-23-11-9-14(19-17(21)15-4-3-10-22-15)16(20)18-12-5-7-13(24-2)8-6-12/h3-8,10,14H,9,11H2,1-2H3,(H,18,20)(H,19,21). The molecule has 1 unspecified atom stereocenters. The number of amides is 2. The van der Waals surface area contributed by atoms with Crippen LogP contribution in [0.1, 0.15) is 17.0 Å². The molecule has 2 N–H and O–H groups in total. The van der Waals surface area contributed by atoms with E-state index in [0.29, 0.717) is 12.1 Å². The number of carbonyl (C=O) groups excluding carboxylic acids is 2. The summed E-state index contributed by atoms with van der Waals surface area (Å²) in [6, 6.07) is 10.2. The molecule has 2 aromatic rings. The minimum Gasteiger partial charge on any atom is -0.459 e. The van der Waals surface area contributed by atoms with Crippen LogP contribution in [0.25, 0.3) is 0 Å². The second-order valence-electron chi connectivity index (χ2n) is 5.00. The topological polar surface area (TPSA) is 71.3 Å². The Kier molecular flexibility index (Phi) is 7.27. The molecule has 0 bridgehead atoms. The van der Waals surface area contributed by atoms with Gasteiger partial charge in [0.1, 0.15) is 6.04 Å². The molecule has 7 heteroatoms. The molecule has 0 fully saturated rings. The fourth-order valence-corrected chi connectivity index (χ4v) is 2.93. The third-order valence-electron chi connectivity index (χ3n) is 3.33. The lowest BCUT2D eigenvalue weighted by molar-refractivity contribution is -0.118. The van der Waals surface area contributed by atoms with Crippen LogP contribution in [0.2, 0.25) is 0 Å². The summed E-state index contributed by atoms with van der Waals surface area (Å²) in [6.07, 6.45) is 5.93. The van der Waals surface area contributed by atoms with E-state index in [1.54, 1.807) is 35.7 Å². The first-order valence-corrected chi connectivity index (χ1v) is 10.0. The van der Waals surface area contributed by atoms with Gasteiger partial charge in [0.15, 0.2) is 5.76 Å². The Bertz CT molecular complexity index is 657. The predicted molar refractivity (Wildman–Crippen MR) is 99.8 cm³/mol. The SMILES string of the molecule is CSCCC(NC(=O)c1ccco1)C(=O)Nc1ccc(SC)cc1. The average Bonchev–Trinajstić information content (AvgIpc) is 3.13. The molecular formula is C17H20N2O3S2. The van der Waals surface area contributed by atoms with Gasteiger partial charge < -0.3 is 15.1 Å². The highest BCUT2D eigenvalue weighted by Gasteiger charge is 2.22. The van der Waals surface area contributed by atoms with E-state index in [9.17, 15) is 9.59 Å². The number of hydrogen-bond acceptors (Lipinski definition) is 5. The van der Waals surface area contributed by atoms with Crippen LogP contribution in [0.5, 0.6) is 0 Å². The van der Waals surface area contributed by atoms with Gasteiger partial charge in [0.05, 0.1) is 6.26 Å². The average molecular weight is 364 g/mol. The monoisotopic (exact) mass is 364 g/mol. The molecule has 0 spiro atoms. The van der Waals surface area contributed by atoms with Gasteiger partial charge in [-0.25, -0.2) is 0 Å². The fourth-order valence-electron chi connectivity index (χ4n) is 2.05. The second kappa shape index (κ2) is 9.44. The maximum Gasteiger partial charge on any atom is 0.287 e. The molecule has 1 aromatic heterocycles. The molecular weight excluding hydrogens is 344 g/mol. The highest BCUT2D eigenvalue weighted by Crippen LogP contribution is 2.18. The number of furan rings is 1. The van der Waals surface area contributed by atoms with Gasteiger partial charge in [-0.3, -0.25) is 9.59 Å². The predicted octanol–water partition coefficient (Wildman–Crippen LogP) is 3.49. The Hall–Kier alpha value is -1.86. The lowest BCUT2D eigenvalue weighted by Gasteiger charge is -2.17. The van der Waals surface area contributed by atoms with Crippen molar-refractivity contribution >= 4 is 41.0 Å². The van der Waals surface area contributed by atoms with E-state index in [1.165, 1.54) is 6.26 Å². The highest BCUT2D eigenvalue weighted by atomic mass is 32.2. The van der Waals surface area contributed by atoms with Gasteiger partial charge in [-0.2, -0.15) is 11.8 Å². The van der Waals surface area contributed by atoms with E-state index in [1.807, 2.05) is 36.8 Å². The van der Waals surface area contributed by atoms with Crippen LogP contribution in [0.15, 0.2) is 52.0 Å². The zero-order valence-corrected chi connectivity index (χ0v) is 15.2. The summed E-state index contributed by atoms with van der Waals surface area (Å²) < 4.78 is 5.07. The largest absolute Gasteiger partial charge is 0.459 e. The molecule has 5 nitrogen and oxygen atoms in total. The zero-order valence-electron chi connectivity index (χ0n) is 13.6. The van der Waals surface area contributed by atoms with Gasteiger partial charge in [-0.15, -0.1) is 11.8 Å². The van der Waals surface area contributed by atoms with Crippen molar-refractivity contribution in [2.75, 3.05) is 23.6 Å². The molecule has 0 radical (unpaired) electrons. The first kappa shape index (κ1) is 18.5. The minimum absolute atomic E-state index is 0.196. The summed E-state index contributed by atoms with van der Waals surface area (Å²) in [4.78, 5) is 25.8. The molecule has 2 rings (SSSR count). The molecule has 0 aliphatic rings. The number of hydrogen-bond donors (Lipinski definition) is 2. The lowest BCUT2D eigenvalue weighted by Crippen LogP contribution is -2.44. The number of nitrogens with one attached hydrogen (secondary N) is 2. The third-order valence-corrected chi connectivity index (χ3v) is 4.72. The Morgan fingerprint density at radius 1 is 1.17 bits per heavy atom. The molecule has 1 heterocycles. The molecule has 0 aliphatic heterocycles. The summed E-state index contributed by atoms with van der Waals surface area (Å²) in [7, 11) is 0. The van der Waals surface area contributed by atoms with Crippen molar-refractivity contribution in [2.24, 2.45) is 0 Å². The summed E-state index contributed by atoms with van der Waals surface area (Å²) >= 11 is 3.26. The van der Waals surface area contributed by atoms with Crippen LogP contribution < -0.4 is 10.6 Å². The van der Waals surface area contributed by atoms with Crippen LogP contribution in [-0.2, 0) is 4.79 Å². The van der Waals surface area contributed by atoms with Crippen molar-refractivity contribution in [1.82, 2.24) is 5.32 Å². The maximum absolute atomic E-state index is 12.5. The Labute approximate surface area is 150 Å². The van der Waals surface area contributed by atoms with Gasteiger partial charge in [0, 0.05) is 10.6 Å². The third kappa shape index (κ3) is 5.35. The lowest BCUT2D eigenvalue weighted by atomic mass is 10.2. The number of anilines is 1. The van der Waals surface area contributed by atoms with Gasteiger partial charge in [0.2, 0.25) is 5.91 Å². The normalized spacial score (nSPS) is 11.8. The first-order chi connectivity index (χ1) is 11.6. The fraction of sp³-hybridized carbons (Fsp3) is 0.294. The van der Waals surface area contributed by atoms with Crippen molar-refractivity contribution in [2.45, 2.75) is 17.4 Å². The molecule has 0 aliphatic carbocycles. The minimum atomic E-state index is -0.615. The van der Waals surface area contributed by atoms with Crippen molar-refractivity contribution in [3.05, 3.63) is 48.4 Å². The molecule has 1 aromatic carbocycles. The van der Waals surface area contributed by atoms with E-state index in [0.717, 1.165) is 10.6 Å².